The third-order valence-electron chi connectivity index (χ3n) is 2.82. The van der Waals surface area contributed by atoms with Gasteiger partial charge in [-0.2, -0.15) is 4.98 Å². The summed E-state index contributed by atoms with van der Waals surface area (Å²) in [6.07, 6.45) is 1.59. The van der Waals surface area contributed by atoms with E-state index in [0.29, 0.717) is 12.4 Å². The van der Waals surface area contributed by atoms with E-state index in [2.05, 4.69) is 30.9 Å². The van der Waals surface area contributed by atoms with Crippen LogP contribution < -0.4 is 16.6 Å². The molecule has 0 saturated heterocycles. The Morgan fingerprint density at radius 1 is 1.48 bits per heavy atom. The maximum atomic E-state index is 11.1. The number of aryl methyl sites for hydroxylation is 2. The summed E-state index contributed by atoms with van der Waals surface area (Å²) in [6, 6.07) is 0. The molecule has 0 bridgehead atoms. The van der Waals surface area contributed by atoms with Crippen molar-refractivity contribution < 1.29 is 4.92 Å². The number of aromatic nitrogens is 5. The number of nitrogens with one attached hydrogen (secondary N) is 2. The first-order valence-corrected chi connectivity index (χ1v) is 6.17. The van der Waals surface area contributed by atoms with Gasteiger partial charge in [-0.1, -0.05) is 0 Å². The molecule has 21 heavy (non-hydrogen) atoms. The SMILES string of the molecule is CCn1cnnc1CNc1nc(NN)nc(C)c1[N+](=O)[O-]. The van der Waals surface area contributed by atoms with Gasteiger partial charge >= 0.3 is 5.69 Å². The number of hydrogen-bond acceptors (Lipinski definition) is 9. The topological polar surface area (TPSA) is 150 Å². The molecule has 11 heteroatoms. The van der Waals surface area contributed by atoms with E-state index in [1.165, 1.54) is 6.92 Å². The van der Waals surface area contributed by atoms with Crippen molar-refractivity contribution in [2.75, 3.05) is 10.7 Å². The number of nitrogens with two attached hydrogens (primary N) is 1. The Morgan fingerprint density at radius 2 is 2.24 bits per heavy atom. The quantitative estimate of drug-likeness (QED) is 0.385. The summed E-state index contributed by atoms with van der Waals surface area (Å²) in [6.45, 7) is 4.40. The normalized spacial score (nSPS) is 10.4. The lowest BCUT2D eigenvalue weighted by Gasteiger charge is -2.09. The highest BCUT2D eigenvalue weighted by molar-refractivity contribution is 5.60. The van der Waals surface area contributed by atoms with Crippen molar-refractivity contribution in [1.82, 2.24) is 24.7 Å². The van der Waals surface area contributed by atoms with Crippen LogP contribution in [-0.2, 0) is 13.1 Å². The number of nitrogens with zero attached hydrogens (tertiary/aromatic N) is 6. The van der Waals surface area contributed by atoms with E-state index in [1.54, 1.807) is 6.33 Å². The molecule has 0 saturated carbocycles. The molecule has 0 fully saturated rings. The molecule has 0 aliphatic rings. The number of rotatable bonds is 6. The molecule has 2 rings (SSSR count). The van der Waals surface area contributed by atoms with Gasteiger partial charge < -0.3 is 9.88 Å². The Kier molecular flexibility index (Phi) is 4.23. The monoisotopic (exact) mass is 293 g/mol. The first kappa shape index (κ1) is 14.6. The zero-order chi connectivity index (χ0) is 15.4. The molecule has 0 aliphatic carbocycles. The summed E-state index contributed by atoms with van der Waals surface area (Å²) >= 11 is 0. The lowest BCUT2D eigenvalue weighted by Crippen LogP contribution is -2.15. The summed E-state index contributed by atoms with van der Waals surface area (Å²) in [5, 5.41) is 21.7. The van der Waals surface area contributed by atoms with Gasteiger partial charge in [-0.15, -0.1) is 10.2 Å². The van der Waals surface area contributed by atoms with Crippen molar-refractivity contribution in [2.45, 2.75) is 26.9 Å². The zero-order valence-electron chi connectivity index (χ0n) is 11.6. The standard InChI is InChI=1S/C10H15N9O2/c1-3-18-5-13-17-7(18)4-12-9-8(19(20)21)6(2)14-10(15-9)16-11/h5H,3-4,11H2,1-2H3,(H2,12,14,15,16). The van der Waals surface area contributed by atoms with Crippen molar-refractivity contribution >= 4 is 17.5 Å². The second-order valence-corrected chi connectivity index (χ2v) is 4.12. The first-order valence-electron chi connectivity index (χ1n) is 6.17. The summed E-state index contributed by atoms with van der Waals surface area (Å²) < 4.78 is 1.81. The fourth-order valence-corrected chi connectivity index (χ4v) is 1.82. The largest absolute Gasteiger partial charge is 0.357 e. The maximum absolute atomic E-state index is 11.1. The average Bonchev–Trinajstić information content (AvgIpc) is 2.91. The summed E-state index contributed by atoms with van der Waals surface area (Å²) in [5.41, 5.74) is 2.29. The van der Waals surface area contributed by atoms with Crippen molar-refractivity contribution in [3.63, 3.8) is 0 Å². The minimum Gasteiger partial charge on any atom is -0.357 e. The van der Waals surface area contributed by atoms with E-state index >= 15 is 0 Å². The Bertz CT molecular complexity index is 654. The Labute approximate surface area is 119 Å². The second-order valence-electron chi connectivity index (χ2n) is 4.12. The van der Waals surface area contributed by atoms with Gasteiger partial charge in [0.25, 0.3) is 0 Å². The molecule has 11 nitrogen and oxygen atoms in total. The molecule has 4 N–H and O–H groups in total. The lowest BCUT2D eigenvalue weighted by molar-refractivity contribution is -0.385. The fourth-order valence-electron chi connectivity index (χ4n) is 1.82. The van der Waals surface area contributed by atoms with E-state index in [1.807, 2.05) is 11.5 Å². The van der Waals surface area contributed by atoms with Crippen LogP contribution in [0.3, 0.4) is 0 Å². The number of nitro groups is 1. The van der Waals surface area contributed by atoms with Crippen LogP contribution in [0.15, 0.2) is 6.33 Å². The molecular weight excluding hydrogens is 278 g/mol. The molecule has 0 radical (unpaired) electrons. The van der Waals surface area contributed by atoms with Gasteiger partial charge in [0, 0.05) is 6.54 Å². The van der Waals surface area contributed by atoms with Crippen molar-refractivity contribution in [1.29, 1.82) is 0 Å². The summed E-state index contributed by atoms with van der Waals surface area (Å²) in [7, 11) is 0. The van der Waals surface area contributed by atoms with Crippen LogP contribution in [0.25, 0.3) is 0 Å². The molecule has 112 valence electrons. The number of hydrazine groups is 1. The fraction of sp³-hybridized carbons (Fsp3) is 0.400. The van der Waals surface area contributed by atoms with Gasteiger partial charge in [0.15, 0.2) is 5.82 Å². The summed E-state index contributed by atoms with van der Waals surface area (Å²) in [5.74, 6) is 6.06. The zero-order valence-corrected chi connectivity index (χ0v) is 11.6. The van der Waals surface area contributed by atoms with Gasteiger partial charge in [0.1, 0.15) is 12.0 Å². The van der Waals surface area contributed by atoms with Gasteiger partial charge in [-0.3, -0.25) is 15.5 Å². The lowest BCUT2D eigenvalue weighted by atomic mass is 10.3. The molecule has 2 heterocycles. The van der Waals surface area contributed by atoms with Crippen LogP contribution >= 0.6 is 0 Å². The second kappa shape index (κ2) is 6.09. The molecule has 0 spiro atoms. The smallest absolute Gasteiger partial charge is 0.332 e. The minimum atomic E-state index is -0.539. The minimum absolute atomic E-state index is 0.0751. The Hall–Kier alpha value is -2.82. The van der Waals surface area contributed by atoms with Crippen LogP contribution in [0, 0.1) is 17.0 Å². The van der Waals surface area contributed by atoms with Crippen molar-refractivity contribution in [3.8, 4) is 0 Å². The van der Waals surface area contributed by atoms with Gasteiger partial charge in [-0.25, -0.2) is 10.8 Å². The molecule has 0 aliphatic heterocycles. The van der Waals surface area contributed by atoms with Crippen LogP contribution in [0.4, 0.5) is 17.5 Å². The number of hydrogen-bond donors (Lipinski definition) is 3. The Morgan fingerprint density at radius 3 is 2.86 bits per heavy atom. The van der Waals surface area contributed by atoms with E-state index in [9.17, 15) is 10.1 Å². The van der Waals surface area contributed by atoms with E-state index < -0.39 is 4.92 Å². The third kappa shape index (κ3) is 3.02. The predicted octanol–water partition coefficient (Wildman–Crippen LogP) is 0.202. The van der Waals surface area contributed by atoms with Crippen molar-refractivity contribution in [3.05, 3.63) is 28.0 Å². The molecule has 2 aromatic rings. The average molecular weight is 293 g/mol. The van der Waals surface area contributed by atoms with E-state index in [-0.39, 0.29) is 29.7 Å². The van der Waals surface area contributed by atoms with Crippen LogP contribution in [-0.4, -0.2) is 29.7 Å². The Balaban J connectivity index is 2.30. The molecule has 2 aromatic heterocycles. The molecule has 0 aromatic carbocycles. The highest BCUT2D eigenvalue weighted by Crippen LogP contribution is 2.26. The van der Waals surface area contributed by atoms with Gasteiger partial charge in [-0.05, 0) is 13.8 Å². The maximum Gasteiger partial charge on any atom is 0.332 e. The molecule has 0 amide bonds. The van der Waals surface area contributed by atoms with Crippen LogP contribution in [0.1, 0.15) is 18.4 Å². The highest BCUT2D eigenvalue weighted by atomic mass is 16.6. The highest BCUT2D eigenvalue weighted by Gasteiger charge is 2.22. The molecule has 0 unspecified atom stereocenters. The van der Waals surface area contributed by atoms with Gasteiger partial charge in [0.05, 0.1) is 11.5 Å². The number of anilines is 2. The number of nitrogen functional groups attached to an aromatic ring is 1. The molecule has 0 atom stereocenters. The van der Waals surface area contributed by atoms with Gasteiger partial charge in [0.2, 0.25) is 11.8 Å². The van der Waals surface area contributed by atoms with E-state index in [0.717, 1.165) is 0 Å². The van der Waals surface area contributed by atoms with E-state index in [4.69, 9.17) is 5.84 Å². The predicted molar refractivity (Wildman–Crippen MR) is 74.3 cm³/mol. The first-order chi connectivity index (χ1) is 10.1. The third-order valence-corrected chi connectivity index (χ3v) is 2.82. The summed E-state index contributed by atoms with van der Waals surface area (Å²) in [4.78, 5) is 18.4. The molecular formula is C10H15N9O2. The van der Waals surface area contributed by atoms with Crippen LogP contribution in [0.2, 0.25) is 0 Å². The van der Waals surface area contributed by atoms with Crippen molar-refractivity contribution in [2.24, 2.45) is 5.84 Å². The van der Waals surface area contributed by atoms with Crippen LogP contribution in [0.5, 0.6) is 0 Å².